The van der Waals surface area contributed by atoms with Gasteiger partial charge in [0.1, 0.15) is 0 Å². The van der Waals surface area contributed by atoms with Gasteiger partial charge in [0.2, 0.25) is 0 Å². The Balaban J connectivity index is 1.72. The molecule has 1 aliphatic heterocycles. The molecule has 5 nitrogen and oxygen atoms in total. The predicted octanol–water partition coefficient (Wildman–Crippen LogP) is 0.825. The van der Waals surface area contributed by atoms with E-state index in [1.807, 2.05) is 19.4 Å². The average molecular weight is 252 g/mol. The van der Waals surface area contributed by atoms with Gasteiger partial charge in [-0.15, -0.1) is 0 Å². The normalized spacial score (nSPS) is 25.5. The number of rotatable bonds is 6. The van der Waals surface area contributed by atoms with Crippen molar-refractivity contribution in [1.29, 1.82) is 0 Å². The van der Waals surface area contributed by atoms with Gasteiger partial charge in [-0.3, -0.25) is 4.68 Å². The number of hydrogen-bond acceptors (Lipinski definition) is 4. The summed E-state index contributed by atoms with van der Waals surface area (Å²) in [7, 11) is 1.91. The number of aromatic nitrogens is 2. The maximum atomic E-state index is 6.11. The van der Waals surface area contributed by atoms with Crippen molar-refractivity contribution in [3.63, 3.8) is 0 Å². The molecule has 1 saturated heterocycles. The topological polar surface area (TPSA) is 65.1 Å². The molecule has 0 aromatic carbocycles. The molecule has 102 valence electrons. The van der Waals surface area contributed by atoms with Crippen LogP contribution in [0.1, 0.15) is 31.4 Å². The molecule has 0 aliphatic carbocycles. The molecular weight excluding hydrogens is 228 g/mol. The molecule has 5 heteroatoms. The Morgan fingerprint density at radius 1 is 1.67 bits per heavy atom. The van der Waals surface area contributed by atoms with Crippen LogP contribution >= 0.6 is 0 Å². The van der Waals surface area contributed by atoms with E-state index in [-0.39, 0.29) is 6.04 Å². The second-order valence-electron chi connectivity index (χ2n) is 5.08. The van der Waals surface area contributed by atoms with Gasteiger partial charge in [-0.25, -0.2) is 0 Å². The van der Waals surface area contributed by atoms with E-state index in [4.69, 9.17) is 10.5 Å². The van der Waals surface area contributed by atoms with Gasteiger partial charge < -0.3 is 15.8 Å². The van der Waals surface area contributed by atoms with E-state index in [0.29, 0.717) is 12.0 Å². The molecule has 0 radical (unpaired) electrons. The summed E-state index contributed by atoms with van der Waals surface area (Å²) >= 11 is 0. The van der Waals surface area contributed by atoms with Crippen LogP contribution in [0.3, 0.4) is 0 Å². The zero-order valence-corrected chi connectivity index (χ0v) is 11.3. The van der Waals surface area contributed by atoms with Gasteiger partial charge in [-0.1, -0.05) is 6.92 Å². The van der Waals surface area contributed by atoms with Crippen LogP contribution < -0.4 is 11.1 Å². The molecule has 3 unspecified atom stereocenters. The number of nitrogens with one attached hydrogen (secondary N) is 1. The van der Waals surface area contributed by atoms with Crippen LogP contribution in [0, 0.1) is 5.92 Å². The van der Waals surface area contributed by atoms with Crippen LogP contribution in [0.4, 0.5) is 0 Å². The third-order valence-corrected chi connectivity index (χ3v) is 3.67. The summed E-state index contributed by atoms with van der Waals surface area (Å²) in [6.07, 6.45) is 6.49. The van der Waals surface area contributed by atoms with Crippen molar-refractivity contribution in [1.82, 2.24) is 15.1 Å². The van der Waals surface area contributed by atoms with Gasteiger partial charge in [-0.2, -0.15) is 5.10 Å². The maximum absolute atomic E-state index is 6.11. The van der Waals surface area contributed by atoms with Gasteiger partial charge in [0.25, 0.3) is 0 Å². The molecule has 1 aromatic heterocycles. The minimum absolute atomic E-state index is 0.0149. The second kappa shape index (κ2) is 6.31. The Labute approximate surface area is 109 Å². The van der Waals surface area contributed by atoms with E-state index in [1.54, 1.807) is 4.68 Å². The highest BCUT2D eigenvalue weighted by Crippen LogP contribution is 2.22. The molecule has 2 rings (SSSR count). The quantitative estimate of drug-likeness (QED) is 0.787. The highest BCUT2D eigenvalue weighted by atomic mass is 16.5. The second-order valence-corrected chi connectivity index (χ2v) is 5.08. The van der Waals surface area contributed by atoms with Crippen LogP contribution in [-0.2, 0) is 11.8 Å². The first kappa shape index (κ1) is 13.5. The minimum Gasteiger partial charge on any atom is -0.378 e. The monoisotopic (exact) mass is 252 g/mol. The number of aryl methyl sites for hydroxylation is 1. The van der Waals surface area contributed by atoms with Crippen molar-refractivity contribution in [2.24, 2.45) is 18.7 Å². The Bertz CT molecular complexity index is 366. The van der Waals surface area contributed by atoms with E-state index < -0.39 is 0 Å². The van der Waals surface area contributed by atoms with E-state index >= 15 is 0 Å². The zero-order valence-electron chi connectivity index (χ0n) is 11.3. The standard InChI is InChI=1S/C13H24N4O/c1-3-13-10(4-5-18-13)6-15-8-12(14)11-7-16-17(2)9-11/h7,9-10,12-13,15H,3-6,8,14H2,1-2H3. The molecule has 0 spiro atoms. The number of ether oxygens (including phenoxy) is 1. The number of nitrogens with two attached hydrogens (primary N) is 1. The highest BCUT2D eigenvalue weighted by Gasteiger charge is 2.26. The van der Waals surface area contributed by atoms with Crippen LogP contribution in [0.15, 0.2) is 12.4 Å². The number of hydrogen-bond donors (Lipinski definition) is 2. The summed E-state index contributed by atoms with van der Waals surface area (Å²) in [6, 6.07) is 0.0149. The van der Waals surface area contributed by atoms with E-state index in [0.717, 1.165) is 38.1 Å². The zero-order chi connectivity index (χ0) is 13.0. The summed E-state index contributed by atoms with van der Waals surface area (Å²) in [5, 5.41) is 7.59. The molecule has 3 atom stereocenters. The van der Waals surface area contributed by atoms with Gasteiger partial charge in [0.15, 0.2) is 0 Å². The van der Waals surface area contributed by atoms with Crippen LogP contribution in [0.2, 0.25) is 0 Å². The van der Waals surface area contributed by atoms with Crippen molar-refractivity contribution in [3.8, 4) is 0 Å². The van der Waals surface area contributed by atoms with Crippen molar-refractivity contribution >= 4 is 0 Å². The molecule has 1 aromatic rings. The summed E-state index contributed by atoms with van der Waals surface area (Å²) in [6.45, 7) is 4.87. The van der Waals surface area contributed by atoms with Gasteiger partial charge >= 0.3 is 0 Å². The third kappa shape index (κ3) is 3.31. The van der Waals surface area contributed by atoms with Gasteiger partial charge in [-0.05, 0) is 18.8 Å². The van der Waals surface area contributed by atoms with E-state index in [1.165, 1.54) is 0 Å². The SMILES string of the molecule is CCC1OCCC1CNCC(N)c1cnn(C)c1. The summed E-state index contributed by atoms with van der Waals surface area (Å²) in [4.78, 5) is 0. The molecule has 18 heavy (non-hydrogen) atoms. The van der Waals surface area contributed by atoms with Crippen LogP contribution in [0.25, 0.3) is 0 Å². The summed E-state index contributed by atoms with van der Waals surface area (Å²) < 4.78 is 7.46. The van der Waals surface area contributed by atoms with Crippen molar-refractivity contribution in [2.45, 2.75) is 31.9 Å². The fourth-order valence-corrected chi connectivity index (χ4v) is 2.55. The fourth-order valence-electron chi connectivity index (χ4n) is 2.55. The fraction of sp³-hybridized carbons (Fsp3) is 0.769. The average Bonchev–Trinajstić information content (AvgIpc) is 2.97. The third-order valence-electron chi connectivity index (χ3n) is 3.67. The highest BCUT2D eigenvalue weighted by molar-refractivity contribution is 5.09. The van der Waals surface area contributed by atoms with Gasteiger partial charge in [0, 0.05) is 44.5 Å². The number of nitrogens with zero attached hydrogens (tertiary/aromatic N) is 2. The lowest BCUT2D eigenvalue weighted by Gasteiger charge is -2.18. The minimum atomic E-state index is 0.0149. The lowest BCUT2D eigenvalue weighted by Crippen LogP contribution is -2.33. The van der Waals surface area contributed by atoms with E-state index in [9.17, 15) is 0 Å². The van der Waals surface area contributed by atoms with Crippen molar-refractivity contribution in [2.75, 3.05) is 19.7 Å². The van der Waals surface area contributed by atoms with E-state index in [2.05, 4.69) is 17.3 Å². The van der Waals surface area contributed by atoms with Crippen LogP contribution in [-0.4, -0.2) is 35.6 Å². The van der Waals surface area contributed by atoms with Gasteiger partial charge in [0.05, 0.1) is 12.3 Å². The lowest BCUT2D eigenvalue weighted by atomic mass is 9.99. The van der Waals surface area contributed by atoms with Crippen molar-refractivity contribution in [3.05, 3.63) is 18.0 Å². The smallest absolute Gasteiger partial charge is 0.0613 e. The molecule has 3 N–H and O–H groups in total. The molecular formula is C13H24N4O. The van der Waals surface area contributed by atoms with Crippen LogP contribution in [0.5, 0.6) is 0 Å². The molecule has 0 bridgehead atoms. The maximum Gasteiger partial charge on any atom is 0.0613 e. The molecule has 2 heterocycles. The Kier molecular flexibility index (Phi) is 4.74. The largest absolute Gasteiger partial charge is 0.378 e. The Morgan fingerprint density at radius 3 is 3.17 bits per heavy atom. The summed E-state index contributed by atoms with van der Waals surface area (Å²) in [5.41, 5.74) is 7.20. The Morgan fingerprint density at radius 2 is 2.50 bits per heavy atom. The first-order chi connectivity index (χ1) is 8.70. The first-order valence-electron chi connectivity index (χ1n) is 6.77. The summed E-state index contributed by atoms with van der Waals surface area (Å²) in [5.74, 6) is 0.635. The Hall–Kier alpha value is -0.910. The van der Waals surface area contributed by atoms with Crippen molar-refractivity contribution < 1.29 is 4.74 Å². The lowest BCUT2D eigenvalue weighted by molar-refractivity contribution is 0.0872. The predicted molar refractivity (Wildman–Crippen MR) is 71.1 cm³/mol. The molecule has 0 amide bonds. The first-order valence-corrected chi connectivity index (χ1v) is 6.77. The molecule has 0 saturated carbocycles. The molecule has 1 fully saturated rings. The molecule has 1 aliphatic rings.